The van der Waals surface area contributed by atoms with Crippen molar-refractivity contribution in [1.29, 1.82) is 0 Å². The standard InChI is InChI=1S/C13H21N3O/c1-3-12(9-14)13(17)16(2)8-6-11-5-4-7-15-10-11/h4-5,7,10,12H,3,6,8-9,14H2,1-2H3. The number of hydrogen-bond donors (Lipinski definition) is 1. The zero-order valence-corrected chi connectivity index (χ0v) is 10.6. The van der Waals surface area contributed by atoms with E-state index in [1.54, 1.807) is 11.1 Å². The average Bonchev–Trinajstić information content (AvgIpc) is 2.38. The molecule has 4 nitrogen and oxygen atoms in total. The van der Waals surface area contributed by atoms with Crippen LogP contribution in [0, 0.1) is 5.92 Å². The third-order valence-electron chi connectivity index (χ3n) is 2.96. The van der Waals surface area contributed by atoms with Crippen LogP contribution in [0.2, 0.25) is 0 Å². The van der Waals surface area contributed by atoms with Crippen molar-refractivity contribution in [2.75, 3.05) is 20.1 Å². The maximum absolute atomic E-state index is 12.0. The normalized spacial score (nSPS) is 12.2. The Hall–Kier alpha value is -1.42. The van der Waals surface area contributed by atoms with Gasteiger partial charge in [-0.3, -0.25) is 9.78 Å². The van der Waals surface area contributed by atoms with Gasteiger partial charge in [-0.2, -0.15) is 0 Å². The van der Waals surface area contributed by atoms with E-state index in [1.165, 1.54) is 0 Å². The van der Waals surface area contributed by atoms with Crippen LogP contribution in [-0.4, -0.2) is 35.9 Å². The van der Waals surface area contributed by atoms with Crippen LogP contribution in [0.1, 0.15) is 18.9 Å². The highest BCUT2D eigenvalue weighted by atomic mass is 16.2. The maximum Gasteiger partial charge on any atom is 0.226 e. The molecule has 0 aromatic carbocycles. The Bertz CT molecular complexity index is 336. The van der Waals surface area contributed by atoms with Crippen molar-refractivity contribution < 1.29 is 4.79 Å². The minimum atomic E-state index is -0.0473. The van der Waals surface area contributed by atoms with E-state index in [4.69, 9.17) is 5.73 Å². The van der Waals surface area contributed by atoms with Crippen molar-refractivity contribution in [2.24, 2.45) is 11.7 Å². The minimum Gasteiger partial charge on any atom is -0.345 e. The Morgan fingerprint density at radius 2 is 2.35 bits per heavy atom. The molecule has 0 aliphatic carbocycles. The van der Waals surface area contributed by atoms with Crippen LogP contribution in [0.3, 0.4) is 0 Å². The maximum atomic E-state index is 12.0. The van der Waals surface area contributed by atoms with Gasteiger partial charge < -0.3 is 10.6 Å². The second kappa shape index (κ2) is 7.01. The summed E-state index contributed by atoms with van der Waals surface area (Å²) >= 11 is 0. The van der Waals surface area contributed by atoms with Gasteiger partial charge in [-0.05, 0) is 24.5 Å². The van der Waals surface area contributed by atoms with E-state index in [0.29, 0.717) is 13.1 Å². The molecule has 1 unspecified atom stereocenters. The van der Waals surface area contributed by atoms with Gasteiger partial charge in [0, 0.05) is 32.5 Å². The van der Waals surface area contributed by atoms with Gasteiger partial charge in [0.1, 0.15) is 0 Å². The van der Waals surface area contributed by atoms with E-state index in [0.717, 1.165) is 18.4 Å². The summed E-state index contributed by atoms with van der Waals surface area (Å²) in [6, 6.07) is 3.93. The van der Waals surface area contributed by atoms with Crippen molar-refractivity contribution >= 4 is 5.91 Å². The van der Waals surface area contributed by atoms with E-state index in [9.17, 15) is 4.79 Å². The summed E-state index contributed by atoms with van der Waals surface area (Å²) in [6.07, 6.45) is 5.21. The first-order valence-electron chi connectivity index (χ1n) is 6.03. The van der Waals surface area contributed by atoms with Crippen LogP contribution in [0.5, 0.6) is 0 Å². The fraction of sp³-hybridized carbons (Fsp3) is 0.538. The molecular weight excluding hydrogens is 214 g/mol. The van der Waals surface area contributed by atoms with Crippen molar-refractivity contribution in [3.63, 3.8) is 0 Å². The van der Waals surface area contributed by atoms with Crippen LogP contribution < -0.4 is 5.73 Å². The first-order valence-corrected chi connectivity index (χ1v) is 6.03. The van der Waals surface area contributed by atoms with Gasteiger partial charge in [0.25, 0.3) is 0 Å². The van der Waals surface area contributed by atoms with E-state index in [2.05, 4.69) is 4.98 Å². The monoisotopic (exact) mass is 235 g/mol. The minimum absolute atomic E-state index is 0.0473. The molecule has 1 atom stereocenters. The molecule has 0 radical (unpaired) electrons. The first kappa shape index (κ1) is 13.6. The number of nitrogens with two attached hydrogens (primary N) is 1. The second-order valence-electron chi connectivity index (χ2n) is 4.21. The molecule has 94 valence electrons. The largest absolute Gasteiger partial charge is 0.345 e. The van der Waals surface area contributed by atoms with Crippen LogP contribution >= 0.6 is 0 Å². The number of hydrogen-bond acceptors (Lipinski definition) is 3. The molecule has 1 amide bonds. The number of nitrogens with zero attached hydrogens (tertiary/aromatic N) is 2. The molecule has 0 bridgehead atoms. The van der Waals surface area contributed by atoms with Gasteiger partial charge in [0.15, 0.2) is 0 Å². The fourth-order valence-corrected chi connectivity index (χ4v) is 1.71. The van der Waals surface area contributed by atoms with Crippen molar-refractivity contribution in [1.82, 2.24) is 9.88 Å². The quantitative estimate of drug-likeness (QED) is 0.802. The molecule has 1 heterocycles. The number of likely N-dealkylation sites (N-methyl/N-ethyl adjacent to an activating group) is 1. The number of amides is 1. The summed E-state index contributed by atoms with van der Waals surface area (Å²) in [6.45, 7) is 3.12. The molecule has 2 N–H and O–H groups in total. The highest BCUT2D eigenvalue weighted by Gasteiger charge is 2.18. The first-order chi connectivity index (χ1) is 8.19. The van der Waals surface area contributed by atoms with E-state index in [1.807, 2.05) is 32.3 Å². The van der Waals surface area contributed by atoms with Crippen LogP contribution in [0.4, 0.5) is 0 Å². The highest BCUT2D eigenvalue weighted by Crippen LogP contribution is 2.06. The zero-order chi connectivity index (χ0) is 12.7. The molecule has 0 aliphatic heterocycles. The third-order valence-corrected chi connectivity index (χ3v) is 2.96. The van der Waals surface area contributed by atoms with Gasteiger partial charge in [-0.1, -0.05) is 13.0 Å². The molecule has 1 aromatic rings. The lowest BCUT2D eigenvalue weighted by atomic mass is 10.1. The number of pyridine rings is 1. The summed E-state index contributed by atoms with van der Waals surface area (Å²) in [5.74, 6) is 0.0905. The van der Waals surface area contributed by atoms with Crippen molar-refractivity contribution in [2.45, 2.75) is 19.8 Å². The molecule has 0 saturated heterocycles. The van der Waals surface area contributed by atoms with Gasteiger partial charge in [0.2, 0.25) is 5.91 Å². The molecule has 0 aliphatic rings. The van der Waals surface area contributed by atoms with E-state index < -0.39 is 0 Å². The predicted molar refractivity (Wildman–Crippen MR) is 68.4 cm³/mol. The van der Waals surface area contributed by atoms with Gasteiger partial charge in [0.05, 0.1) is 5.92 Å². The number of aromatic nitrogens is 1. The predicted octanol–water partition coefficient (Wildman–Crippen LogP) is 1.07. The SMILES string of the molecule is CCC(CN)C(=O)N(C)CCc1cccnc1. The highest BCUT2D eigenvalue weighted by molar-refractivity contribution is 5.78. The van der Waals surface area contributed by atoms with Crippen molar-refractivity contribution in [3.05, 3.63) is 30.1 Å². The Labute approximate surface area is 103 Å². The van der Waals surface area contributed by atoms with E-state index in [-0.39, 0.29) is 11.8 Å². The summed E-state index contributed by atoms with van der Waals surface area (Å²) < 4.78 is 0. The lowest BCUT2D eigenvalue weighted by Gasteiger charge is -2.22. The molecule has 4 heteroatoms. The fourth-order valence-electron chi connectivity index (χ4n) is 1.71. The Balaban J connectivity index is 2.44. The molecule has 1 rings (SSSR count). The number of rotatable bonds is 6. The molecule has 17 heavy (non-hydrogen) atoms. The zero-order valence-electron chi connectivity index (χ0n) is 10.6. The molecule has 0 fully saturated rings. The Kier molecular flexibility index (Phi) is 5.63. The van der Waals surface area contributed by atoms with Crippen LogP contribution in [0.15, 0.2) is 24.5 Å². The number of carbonyl (C=O) groups excluding carboxylic acids is 1. The average molecular weight is 235 g/mol. The van der Waals surface area contributed by atoms with Crippen LogP contribution in [0.25, 0.3) is 0 Å². The third kappa shape index (κ3) is 4.15. The Morgan fingerprint density at radius 3 is 2.88 bits per heavy atom. The van der Waals surface area contributed by atoms with Crippen molar-refractivity contribution in [3.8, 4) is 0 Å². The van der Waals surface area contributed by atoms with Crippen LogP contribution in [-0.2, 0) is 11.2 Å². The summed E-state index contributed by atoms with van der Waals surface area (Å²) in [5, 5.41) is 0. The van der Waals surface area contributed by atoms with Gasteiger partial charge in [-0.15, -0.1) is 0 Å². The molecule has 1 aromatic heterocycles. The number of carbonyl (C=O) groups is 1. The van der Waals surface area contributed by atoms with E-state index >= 15 is 0 Å². The lowest BCUT2D eigenvalue weighted by Crippen LogP contribution is -2.37. The topological polar surface area (TPSA) is 59.2 Å². The molecule has 0 spiro atoms. The van der Waals surface area contributed by atoms with Gasteiger partial charge >= 0.3 is 0 Å². The summed E-state index contributed by atoms with van der Waals surface area (Å²) in [5.41, 5.74) is 6.72. The smallest absolute Gasteiger partial charge is 0.226 e. The molecule has 0 saturated carbocycles. The van der Waals surface area contributed by atoms with Gasteiger partial charge in [-0.25, -0.2) is 0 Å². The Morgan fingerprint density at radius 1 is 1.59 bits per heavy atom. The second-order valence-corrected chi connectivity index (χ2v) is 4.21. The lowest BCUT2D eigenvalue weighted by molar-refractivity contribution is -0.133. The summed E-state index contributed by atoms with van der Waals surface area (Å²) in [4.78, 5) is 17.8. The molecular formula is C13H21N3O. The summed E-state index contributed by atoms with van der Waals surface area (Å²) in [7, 11) is 1.83.